The summed E-state index contributed by atoms with van der Waals surface area (Å²) >= 11 is 3.37. The molecule has 1 amide bonds. The lowest BCUT2D eigenvalue weighted by atomic mass is 10.3. The van der Waals surface area contributed by atoms with E-state index in [1.54, 1.807) is 18.5 Å². The van der Waals surface area contributed by atoms with Gasteiger partial charge >= 0.3 is 0 Å². The summed E-state index contributed by atoms with van der Waals surface area (Å²) in [5.74, 6) is -0.122. The van der Waals surface area contributed by atoms with Crippen LogP contribution in [0.4, 0.5) is 5.69 Å². The monoisotopic (exact) mass is 264 g/mol. The highest BCUT2D eigenvalue weighted by Gasteiger charge is 2.07. The van der Waals surface area contributed by atoms with Gasteiger partial charge in [-0.15, -0.1) is 0 Å². The average molecular weight is 265 g/mol. The number of rotatable bonds is 2. The quantitative estimate of drug-likeness (QED) is 0.861. The average Bonchev–Trinajstić information content (AvgIpc) is 2.74. The molecule has 76 valence electrons. The third kappa shape index (κ3) is 2.27. The Kier molecular flexibility index (Phi) is 2.87. The Hall–Kier alpha value is -1.55. The van der Waals surface area contributed by atoms with Crippen molar-refractivity contribution in [2.24, 2.45) is 0 Å². The van der Waals surface area contributed by atoms with E-state index in [2.05, 4.69) is 26.2 Å². The van der Waals surface area contributed by atoms with Crippen LogP contribution in [0.15, 0.2) is 47.2 Å². The van der Waals surface area contributed by atoms with E-state index in [-0.39, 0.29) is 5.91 Å². The zero-order valence-corrected chi connectivity index (χ0v) is 9.41. The molecule has 2 rings (SSSR count). The first-order valence-electron chi connectivity index (χ1n) is 4.46. The van der Waals surface area contributed by atoms with E-state index in [1.807, 2.05) is 24.3 Å². The number of nitrogens with one attached hydrogen (secondary N) is 2. The molecule has 3 nitrogen and oxygen atoms in total. The summed E-state index contributed by atoms with van der Waals surface area (Å²) < 4.78 is 0.869. The second-order valence-electron chi connectivity index (χ2n) is 3.03. The van der Waals surface area contributed by atoms with Gasteiger partial charge in [0.1, 0.15) is 0 Å². The molecule has 0 spiro atoms. The molecular weight excluding hydrogens is 256 g/mol. The highest BCUT2D eigenvalue weighted by Crippen LogP contribution is 2.21. The lowest BCUT2D eigenvalue weighted by Gasteiger charge is -2.05. The summed E-state index contributed by atoms with van der Waals surface area (Å²) in [6.45, 7) is 0. The van der Waals surface area contributed by atoms with Crippen molar-refractivity contribution in [1.82, 2.24) is 4.98 Å². The fourth-order valence-corrected chi connectivity index (χ4v) is 1.61. The Labute approximate surface area is 95.6 Å². The molecule has 2 aromatic rings. The highest BCUT2D eigenvalue weighted by molar-refractivity contribution is 9.10. The number of para-hydroxylation sites is 1. The molecule has 2 N–H and O–H groups in total. The molecule has 0 aliphatic rings. The lowest BCUT2D eigenvalue weighted by molar-refractivity contribution is 0.102. The number of amides is 1. The van der Waals surface area contributed by atoms with Crippen LogP contribution in [0.5, 0.6) is 0 Å². The van der Waals surface area contributed by atoms with Crippen LogP contribution >= 0.6 is 15.9 Å². The fourth-order valence-electron chi connectivity index (χ4n) is 1.22. The molecule has 1 heterocycles. The van der Waals surface area contributed by atoms with Crippen molar-refractivity contribution in [1.29, 1.82) is 0 Å². The summed E-state index contributed by atoms with van der Waals surface area (Å²) in [5, 5.41) is 2.81. The third-order valence-electron chi connectivity index (χ3n) is 1.98. The zero-order valence-electron chi connectivity index (χ0n) is 7.83. The SMILES string of the molecule is O=C(Nc1ccccc1Br)c1cc[nH]c1. The third-order valence-corrected chi connectivity index (χ3v) is 2.67. The smallest absolute Gasteiger partial charge is 0.257 e. The van der Waals surface area contributed by atoms with Crippen LogP contribution in [0.3, 0.4) is 0 Å². The Bertz CT molecular complexity index is 465. The van der Waals surface area contributed by atoms with Crippen molar-refractivity contribution in [2.45, 2.75) is 0 Å². The molecule has 1 aromatic heterocycles. The molecule has 0 atom stereocenters. The molecule has 0 saturated heterocycles. The van der Waals surface area contributed by atoms with Gasteiger partial charge in [-0.1, -0.05) is 12.1 Å². The molecule has 0 aliphatic carbocycles. The number of anilines is 1. The van der Waals surface area contributed by atoms with Gasteiger partial charge in [0, 0.05) is 16.9 Å². The van der Waals surface area contributed by atoms with Crippen molar-refractivity contribution in [2.75, 3.05) is 5.32 Å². The van der Waals surface area contributed by atoms with Crippen molar-refractivity contribution >= 4 is 27.5 Å². The maximum Gasteiger partial charge on any atom is 0.257 e. The van der Waals surface area contributed by atoms with Gasteiger partial charge in [0.15, 0.2) is 0 Å². The first-order chi connectivity index (χ1) is 7.27. The van der Waals surface area contributed by atoms with E-state index in [1.165, 1.54) is 0 Å². The van der Waals surface area contributed by atoms with Gasteiger partial charge < -0.3 is 10.3 Å². The Morgan fingerprint density at radius 3 is 2.73 bits per heavy atom. The lowest BCUT2D eigenvalue weighted by Crippen LogP contribution is -2.11. The predicted octanol–water partition coefficient (Wildman–Crippen LogP) is 3.03. The van der Waals surface area contributed by atoms with Gasteiger partial charge in [0.2, 0.25) is 0 Å². The molecule has 0 radical (unpaired) electrons. The second kappa shape index (κ2) is 4.31. The van der Waals surface area contributed by atoms with Crippen LogP contribution in [0.25, 0.3) is 0 Å². The number of hydrogen-bond acceptors (Lipinski definition) is 1. The predicted molar refractivity (Wildman–Crippen MR) is 62.9 cm³/mol. The minimum atomic E-state index is -0.122. The number of benzene rings is 1. The second-order valence-corrected chi connectivity index (χ2v) is 3.89. The molecule has 0 aliphatic heterocycles. The molecule has 1 aromatic carbocycles. The fraction of sp³-hybridized carbons (Fsp3) is 0. The molecule has 0 saturated carbocycles. The first kappa shape index (κ1) is 9.98. The van der Waals surface area contributed by atoms with E-state index in [0.29, 0.717) is 5.56 Å². The highest BCUT2D eigenvalue weighted by atomic mass is 79.9. The Morgan fingerprint density at radius 1 is 1.27 bits per heavy atom. The minimum Gasteiger partial charge on any atom is -0.367 e. The summed E-state index contributed by atoms with van der Waals surface area (Å²) in [4.78, 5) is 14.5. The standard InChI is InChI=1S/C11H9BrN2O/c12-9-3-1-2-4-10(9)14-11(15)8-5-6-13-7-8/h1-7,13H,(H,14,15). The summed E-state index contributed by atoms with van der Waals surface area (Å²) in [6.07, 6.45) is 3.38. The molecule has 15 heavy (non-hydrogen) atoms. The summed E-state index contributed by atoms with van der Waals surface area (Å²) in [5.41, 5.74) is 1.38. The maximum atomic E-state index is 11.7. The van der Waals surface area contributed by atoms with E-state index in [4.69, 9.17) is 0 Å². The van der Waals surface area contributed by atoms with Gasteiger partial charge in [-0.2, -0.15) is 0 Å². The molecule has 0 bridgehead atoms. The Morgan fingerprint density at radius 2 is 2.07 bits per heavy atom. The van der Waals surface area contributed by atoms with Gasteiger partial charge in [-0.25, -0.2) is 0 Å². The molecule has 4 heteroatoms. The van der Waals surface area contributed by atoms with Gasteiger partial charge in [0.05, 0.1) is 11.3 Å². The normalized spacial score (nSPS) is 9.93. The molecule has 0 unspecified atom stereocenters. The van der Waals surface area contributed by atoms with Crippen molar-refractivity contribution in [3.8, 4) is 0 Å². The van der Waals surface area contributed by atoms with Crippen molar-refractivity contribution in [3.63, 3.8) is 0 Å². The number of aromatic nitrogens is 1. The van der Waals surface area contributed by atoms with Gasteiger partial charge in [-0.3, -0.25) is 4.79 Å². The van der Waals surface area contributed by atoms with Gasteiger partial charge in [-0.05, 0) is 34.1 Å². The number of hydrogen-bond donors (Lipinski definition) is 2. The van der Waals surface area contributed by atoms with Crippen LogP contribution in [-0.4, -0.2) is 10.9 Å². The van der Waals surface area contributed by atoms with Gasteiger partial charge in [0.25, 0.3) is 5.91 Å². The number of aromatic amines is 1. The van der Waals surface area contributed by atoms with Crippen LogP contribution in [0, 0.1) is 0 Å². The van der Waals surface area contributed by atoms with Crippen molar-refractivity contribution < 1.29 is 4.79 Å². The number of H-pyrrole nitrogens is 1. The van der Waals surface area contributed by atoms with E-state index in [0.717, 1.165) is 10.2 Å². The molecule has 0 fully saturated rings. The minimum absolute atomic E-state index is 0.122. The molecular formula is C11H9BrN2O. The van der Waals surface area contributed by atoms with Crippen molar-refractivity contribution in [3.05, 3.63) is 52.8 Å². The van der Waals surface area contributed by atoms with E-state index < -0.39 is 0 Å². The van der Waals surface area contributed by atoms with Crippen LogP contribution in [0.2, 0.25) is 0 Å². The summed E-state index contributed by atoms with van der Waals surface area (Å²) in [7, 11) is 0. The number of carbonyl (C=O) groups is 1. The largest absolute Gasteiger partial charge is 0.367 e. The van der Waals surface area contributed by atoms with E-state index in [9.17, 15) is 4.79 Å². The van der Waals surface area contributed by atoms with E-state index >= 15 is 0 Å². The van der Waals surface area contributed by atoms with Crippen LogP contribution in [-0.2, 0) is 0 Å². The topological polar surface area (TPSA) is 44.9 Å². The first-order valence-corrected chi connectivity index (χ1v) is 5.25. The Balaban J connectivity index is 2.17. The number of halogens is 1. The zero-order chi connectivity index (χ0) is 10.7. The van der Waals surface area contributed by atoms with Crippen LogP contribution < -0.4 is 5.32 Å². The summed E-state index contributed by atoms with van der Waals surface area (Å²) in [6, 6.07) is 9.22. The van der Waals surface area contributed by atoms with Crippen LogP contribution in [0.1, 0.15) is 10.4 Å². The number of carbonyl (C=O) groups excluding carboxylic acids is 1. The maximum absolute atomic E-state index is 11.7.